The van der Waals surface area contributed by atoms with Gasteiger partial charge in [0.25, 0.3) is 0 Å². The highest BCUT2D eigenvalue weighted by atomic mass is 16.3. The third-order valence-corrected chi connectivity index (χ3v) is 2.51. The number of aromatic nitrogens is 1. The van der Waals surface area contributed by atoms with Crippen molar-refractivity contribution in [2.45, 2.75) is 26.2 Å². The zero-order valence-corrected chi connectivity index (χ0v) is 8.86. The van der Waals surface area contributed by atoms with Crippen molar-refractivity contribution in [3.05, 3.63) is 30.2 Å². The third kappa shape index (κ3) is 1.77. The smallest absolute Gasteiger partial charge is 0.205 e. The molecule has 0 bridgehead atoms. The molecule has 3 nitrogen and oxygen atoms in total. The molecule has 0 saturated heterocycles. The first-order valence-corrected chi connectivity index (χ1v) is 5.10. The largest absolute Gasteiger partial charge is 0.440 e. The van der Waals surface area contributed by atoms with E-state index in [1.807, 2.05) is 38.1 Å². The molecule has 15 heavy (non-hydrogen) atoms. The van der Waals surface area contributed by atoms with Gasteiger partial charge in [-0.15, -0.1) is 0 Å². The number of Topliss-reactive ketones (excluding diaryl/α,β-unsaturated/α-hetero) is 1. The predicted octanol–water partition coefficient (Wildman–Crippen LogP) is 2.91. The summed E-state index contributed by atoms with van der Waals surface area (Å²) >= 11 is 0. The van der Waals surface area contributed by atoms with Gasteiger partial charge in [-0.1, -0.05) is 19.1 Å². The summed E-state index contributed by atoms with van der Waals surface area (Å²) in [6.07, 6.45) is 0.514. The summed E-state index contributed by atoms with van der Waals surface area (Å²) in [5.41, 5.74) is 1.55. The highest BCUT2D eigenvalue weighted by Gasteiger charge is 2.19. The lowest BCUT2D eigenvalue weighted by molar-refractivity contribution is -0.120. The van der Waals surface area contributed by atoms with Crippen molar-refractivity contribution in [1.82, 2.24) is 4.98 Å². The molecule has 78 valence electrons. The third-order valence-electron chi connectivity index (χ3n) is 2.51. The number of para-hydroxylation sites is 2. The molecule has 1 aromatic heterocycles. The minimum absolute atomic E-state index is 0.154. The van der Waals surface area contributed by atoms with Crippen LogP contribution in [0.15, 0.2) is 28.7 Å². The van der Waals surface area contributed by atoms with Crippen molar-refractivity contribution in [3.8, 4) is 0 Å². The Labute approximate surface area is 88.1 Å². The molecule has 1 heterocycles. The van der Waals surface area contributed by atoms with Crippen LogP contribution in [0, 0.1) is 0 Å². The fourth-order valence-corrected chi connectivity index (χ4v) is 1.52. The van der Waals surface area contributed by atoms with E-state index in [0.717, 1.165) is 11.1 Å². The molecule has 1 atom stereocenters. The summed E-state index contributed by atoms with van der Waals surface area (Å²) in [4.78, 5) is 15.8. The Hall–Kier alpha value is -1.64. The molecule has 0 amide bonds. The summed E-state index contributed by atoms with van der Waals surface area (Å²) in [6, 6.07) is 7.53. The Morgan fingerprint density at radius 1 is 1.47 bits per heavy atom. The Balaban J connectivity index is 2.40. The van der Waals surface area contributed by atoms with Crippen molar-refractivity contribution < 1.29 is 9.21 Å². The SMILES string of the molecule is CCC(=O)C(C)c1nc2ccccc2o1. The fraction of sp³-hybridized carbons (Fsp3) is 0.333. The molecule has 1 unspecified atom stereocenters. The van der Waals surface area contributed by atoms with E-state index in [-0.39, 0.29) is 11.7 Å². The highest BCUT2D eigenvalue weighted by Crippen LogP contribution is 2.22. The Bertz CT molecular complexity index is 454. The van der Waals surface area contributed by atoms with Crippen LogP contribution in [0.25, 0.3) is 11.1 Å². The molecular weight excluding hydrogens is 190 g/mol. The molecule has 0 saturated carbocycles. The van der Waals surface area contributed by atoms with Gasteiger partial charge in [0.1, 0.15) is 11.3 Å². The maximum Gasteiger partial charge on any atom is 0.205 e. The number of hydrogen-bond acceptors (Lipinski definition) is 3. The maximum absolute atomic E-state index is 11.5. The molecule has 1 aromatic carbocycles. The molecule has 0 N–H and O–H groups in total. The molecule has 2 rings (SSSR count). The van der Waals surface area contributed by atoms with E-state index in [1.165, 1.54) is 0 Å². The first-order valence-electron chi connectivity index (χ1n) is 5.10. The van der Waals surface area contributed by atoms with Crippen LogP contribution >= 0.6 is 0 Å². The second-order valence-electron chi connectivity index (χ2n) is 3.56. The Morgan fingerprint density at radius 3 is 2.87 bits per heavy atom. The van der Waals surface area contributed by atoms with Crippen LogP contribution in [-0.2, 0) is 4.79 Å². The number of rotatable bonds is 3. The number of carbonyl (C=O) groups is 1. The number of ketones is 1. The molecule has 0 aliphatic rings. The van der Waals surface area contributed by atoms with Gasteiger partial charge in [-0.3, -0.25) is 4.79 Å². The van der Waals surface area contributed by atoms with Crippen LogP contribution in [0.2, 0.25) is 0 Å². The molecule has 2 aromatic rings. The predicted molar refractivity (Wildman–Crippen MR) is 57.7 cm³/mol. The first-order chi connectivity index (χ1) is 7.22. The number of hydrogen-bond donors (Lipinski definition) is 0. The number of nitrogens with zero attached hydrogens (tertiary/aromatic N) is 1. The Kier molecular flexibility index (Phi) is 2.54. The van der Waals surface area contributed by atoms with Crippen molar-refractivity contribution in [1.29, 1.82) is 0 Å². The van der Waals surface area contributed by atoms with Crippen LogP contribution in [0.1, 0.15) is 32.1 Å². The van der Waals surface area contributed by atoms with Crippen LogP contribution in [0.5, 0.6) is 0 Å². The number of oxazole rings is 1. The quantitative estimate of drug-likeness (QED) is 0.770. The summed E-state index contributed by atoms with van der Waals surface area (Å²) in [7, 11) is 0. The van der Waals surface area contributed by atoms with Gasteiger partial charge in [-0.05, 0) is 19.1 Å². The van der Waals surface area contributed by atoms with Gasteiger partial charge in [-0.25, -0.2) is 4.98 Å². The highest BCUT2D eigenvalue weighted by molar-refractivity contribution is 5.84. The van der Waals surface area contributed by atoms with Gasteiger partial charge < -0.3 is 4.42 Å². The van der Waals surface area contributed by atoms with E-state index in [9.17, 15) is 4.79 Å². The van der Waals surface area contributed by atoms with Gasteiger partial charge >= 0.3 is 0 Å². The first kappa shape index (κ1) is 9.90. The number of benzene rings is 1. The van der Waals surface area contributed by atoms with E-state index >= 15 is 0 Å². The van der Waals surface area contributed by atoms with E-state index in [0.29, 0.717) is 12.3 Å². The lowest BCUT2D eigenvalue weighted by atomic mass is 10.1. The van der Waals surface area contributed by atoms with E-state index in [2.05, 4.69) is 4.98 Å². The second-order valence-corrected chi connectivity index (χ2v) is 3.56. The van der Waals surface area contributed by atoms with Crippen molar-refractivity contribution >= 4 is 16.9 Å². The number of carbonyl (C=O) groups excluding carboxylic acids is 1. The minimum Gasteiger partial charge on any atom is -0.440 e. The minimum atomic E-state index is -0.248. The lowest BCUT2D eigenvalue weighted by Crippen LogP contribution is -2.07. The van der Waals surface area contributed by atoms with Crippen LogP contribution in [0.4, 0.5) is 0 Å². The van der Waals surface area contributed by atoms with E-state index in [1.54, 1.807) is 0 Å². The fourth-order valence-electron chi connectivity index (χ4n) is 1.52. The van der Waals surface area contributed by atoms with Crippen LogP contribution in [0.3, 0.4) is 0 Å². The maximum atomic E-state index is 11.5. The zero-order valence-electron chi connectivity index (χ0n) is 8.86. The monoisotopic (exact) mass is 203 g/mol. The van der Waals surface area contributed by atoms with Crippen molar-refractivity contribution in [2.75, 3.05) is 0 Å². The standard InChI is InChI=1S/C12H13NO2/c1-3-10(14)8(2)12-13-9-6-4-5-7-11(9)15-12/h4-8H,3H2,1-2H3. The van der Waals surface area contributed by atoms with Crippen molar-refractivity contribution in [2.24, 2.45) is 0 Å². The molecule has 0 aliphatic heterocycles. The lowest BCUT2D eigenvalue weighted by Gasteiger charge is -2.02. The number of fused-ring (bicyclic) bond motifs is 1. The Morgan fingerprint density at radius 2 is 2.20 bits per heavy atom. The topological polar surface area (TPSA) is 43.1 Å². The normalized spacial score (nSPS) is 12.9. The molecule has 0 radical (unpaired) electrons. The van der Waals surface area contributed by atoms with Crippen LogP contribution < -0.4 is 0 Å². The molecular formula is C12H13NO2. The van der Waals surface area contributed by atoms with Gasteiger partial charge in [0, 0.05) is 6.42 Å². The van der Waals surface area contributed by atoms with Gasteiger partial charge in [0.15, 0.2) is 5.58 Å². The molecule has 3 heteroatoms. The summed E-state index contributed by atoms with van der Waals surface area (Å²) in [5.74, 6) is 0.423. The molecule has 0 spiro atoms. The summed E-state index contributed by atoms with van der Waals surface area (Å²) < 4.78 is 5.52. The van der Waals surface area contributed by atoms with Crippen molar-refractivity contribution in [3.63, 3.8) is 0 Å². The zero-order chi connectivity index (χ0) is 10.8. The van der Waals surface area contributed by atoms with Crippen LogP contribution in [-0.4, -0.2) is 10.8 Å². The second kappa shape index (κ2) is 3.85. The summed E-state index contributed by atoms with van der Waals surface area (Å²) in [5, 5.41) is 0. The van der Waals surface area contributed by atoms with E-state index in [4.69, 9.17) is 4.42 Å². The van der Waals surface area contributed by atoms with Gasteiger partial charge in [0.2, 0.25) is 5.89 Å². The molecule has 0 aliphatic carbocycles. The van der Waals surface area contributed by atoms with E-state index < -0.39 is 0 Å². The average Bonchev–Trinajstić information content (AvgIpc) is 2.70. The molecule has 0 fully saturated rings. The average molecular weight is 203 g/mol. The summed E-state index contributed by atoms with van der Waals surface area (Å²) in [6.45, 7) is 3.68. The van der Waals surface area contributed by atoms with Gasteiger partial charge in [0.05, 0.1) is 5.92 Å². The van der Waals surface area contributed by atoms with Gasteiger partial charge in [-0.2, -0.15) is 0 Å².